The maximum atomic E-state index is 12.0. The maximum absolute atomic E-state index is 12.0. The van der Waals surface area contributed by atoms with Crippen LogP contribution >= 0.6 is 11.6 Å². The van der Waals surface area contributed by atoms with Crippen molar-refractivity contribution >= 4 is 28.9 Å². The largest absolute Gasteiger partial charge is 0.399 e. The Labute approximate surface area is 127 Å². The number of rotatable bonds is 5. The number of imidazole rings is 1. The summed E-state index contributed by atoms with van der Waals surface area (Å²) in [5.74, 6) is -0.321. The Morgan fingerprint density at radius 1 is 1.33 bits per heavy atom. The molecule has 112 valence electrons. The van der Waals surface area contributed by atoms with Crippen molar-refractivity contribution in [2.45, 2.75) is 26.4 Å². The average molecular weight is 309 g/mol. The Hall–Kier alpha value is -2.21. The van der Waals surface area contributed by atoms with Crippen molar-refractivity contribution in [1.82, 2.24) is 9.13 Å². The fourth-order valence-electron chi connectivity index (χ4n) is 1.96. The summed E-state index contributed by atoms with van der Waals surface area (Å²) < 4.78 is 2.93. The van der Waals surface area contributed by atoms with Crippen molar-refractivity contribution in [3.05, 3.63) is 46.1 Å². The highest BCUT2D eigenvalue weighted by molar-refractivity contribution is 6.34. The van der Waals surface area contributed by atoms with Crippen LogP contribution in [0.1, 0.15) is 13.3 Å². The number of amides is 1. The van der Waals surface area contributed by atoms with Crippen LogP contribution in [0.5, 0.6) is 0 Å². The number of benzene rings is 1. The van der Waals surface area contributed by atoms with Crippen LogP contribution in [0.3, 0.4) is 0 Å². The van der Waals surface area contributed by atoms with Gasteiger partial charge in [0.2, 0.25) is 5.91 Å². The van der Waals surface area contributed by atoms with Crippen molar-refractivity contribution in [3.63, 3.8) is 0 Å². The zero-order valence-corrected chi connectivity index (χ0v) is 12.4. The molecule has 21 heavy (non-hydrogen) atoms. The van der Waals surface area contributed by atoms with E-state index in [0.29, 0.717) is 22.9 Å². The highest BCUT2D eigenvalue weighted by Gasteiger charge is 2.09. The predicted molar refractivity (Wildman–Crippen MR) is 83.5 cm³/mol. The molecule has 1 aromatic heterocycles. The van der Waals surface area contributed by atoms with E-state index in [1.807, 2.05) is 6.92 Å². The minimum absolute atomic E-state index is 0.0593. The van der Waals surface area contributed by atoms with Crippen molar-refractivity contribution < 1.29 is 4.79 Å². The molecule has 2 rings (SSSR count). The van der Waals surface area contributed by atoms with E-state index in [1.54, 1.807) is 35.2 Å². The van der Waals surface area contributed by atoms with Crippen LogP contribution in [0.4, 0.5) is 11.4 Å². The molecule has 0 atom stereocenters. The van der Waals surface area contributed by atoms with E-state index >= 15 is 0 Å². The lowest BCUT2D eigenvalue weighted by Gasteiger charge is -2.08. The van der Waals surface area contributed by atoms with E-state index in [0.717, 1.165) is 6.42 Å². The minimum Gasteiger partial charge on any atom is -0.399 e. The molecule has 3 N–H and O–H groups in total. The third-order valence-corrected chi connectivity index (χ3v) is 3.28. The van der Waals surface area contributed by atoms with E-state index in [4.69, 9.17) is 17.3 Å². The van der Waals surface area contributed by atoms with Crippen molar-refractivity contribution in [2.24, 2.45) is 0 Å². The molecule has 0 aliphatic heterocycles. The van der Waals surface area contributed by atoms with E-state index < -0.39 is 0 Å². The number of nitrogens with two attached hydrogens (primary N) is 1. The van der Waals surface area contributed by atoms with Crippen molar-refractivity contribution in [2.75, 3.05) is 11.1 Å². The lowest BCUT2D eigenvalue weighted by atomic mass is 10.3. The minimum atomic E-state index is -0.321. The third kappa shape index (κ3) is 3.66. The van der Waals surface area contributed by atoms with Crippen molar-refractivity contribution in [1.29, 1.82) is 0 Å². The molecule has 0 fully saturated rings. The van der Waals surface area contributed by atoms with Gasteiger partial charge in [0.1, 0.15) is 6.54 Å². The Kier molecular flexibility index (Phi) is 4.70. The van der Waals surface area contributed by atoms with Crippen LogP contribution < -0.4 is 16.7 Å². The number of anilines is 2. The van der Waals surface area contributed by atoms with Gasteiger partial charge in [-0.1, -0.05) is 18.5 Å². The molecule has 1 heterocycles. The highest BCUT2D eigenvalue weighted by Crippen LogP contribution is 2.23. The third-order valence-electron chi connectivity index (χ3n) is 2.96. The van der Waals surface area contributed by atoms with E-state index in [2.05, 4.69) is 5.32 Å². The molecular formula is C14H17ClN4O2. The van der Waals surface area contributed by atoms with Crippen LogP contribution in [0, 0.1) is 0 Å². The number of carbonyl (C=O) groups is 1. The number of nitrogen functional groups attached to an aromatic ring is 1. The standard InChI is InChI=1S/C14H17ClN4O2/c1-2-5-18-6-7-19(14(18)21)9-13(20)17-12-4-3-10(16)8-11(12)15/h3-4,6-8H,2,5,9,16H2,1H3,(H,17,20). The number of aromatic nitrogens is 2. The van der Waals surface area contributed by atoms with Gasteiger partial charge in [-0.05, 0) is 24.6 Å². The van der Waals surface area contributed by atoms with Crippen LogP contribution in [0.15, 0.2) is 35.4 Å². The van der Waals surface area contributed by atoms with Gasteiger partial charge in [0, 0.05) is 24.6 Å². The Balaban J connectivity index is 2.06. The average Bonchev–Trinajstić information content (AvgIpc) is 2.75. The van der Waals surface area contributed by atoms with Gasteiger partial charge in [0.25, 0.3) is 0 Å². The fourth-order valence-corrected chi connectivity index (χ4v) is 2.20. The number of hydrogen-bond donors (Lipinski definition) is 2. The van der Waals surface area contributed by atoms with Gasteiger partial charge in [-0.25, -0.2) is 4.79 Å². The van der Waals surface area contributed by atoms with Gasteiger partial charge in [-0.2, -0.15) is 0 Å². The highest BCUT2D eigenvalue weighted by atomic mass is 35.5. The normalized spacial score (nSPS) is 10.6. The quantitative estimate of drug-likeness (QED) is 0.828. The first-order valence-electron chi connectivity index (χ1n) is 6.61. The summed E-state index contributed by atoms with van der Waals surface area (Å²) in [4.78, 5) is 23.9. The fraction of sp³-hybridized carbons (Fsp3) is 0.286. The molecule has 0 saturated heterocycles. The maximum Gasteiger partial charge on any atom is 0.328 e. The first kappa shape index (κ1) is 15.2. The molecule has 0 radical (unpaired) electrons. The van der Waals surface area contributed by atoms with E-state index in [9.17, 15) is 9.59 Å². The molecule has 0 unspecified atom stereocenters. The summed E-state index contributed by atoms with van der Waals surface area (Å²) in [7, 11) is 0. The molecule has 2 aromatic rings. The molecule has 0 bridgehead atoms. The number of carbonyl (C=O) groups excluding carboxylic acids is 1. The second-order valence-corrected chi connectivity index (χ2v) is 5.10. The van der Waals surface area contributed by atoms with Gasteiger partial charge < -0.3 is 11.1 Å². The molecule has 0 spiro atoms. The smallest absolute Gasteiger partial charge is 0.328 e. The first-order chi connectivity index (χ1) is 10.0. The SMILES string of the molecule is CCCn1ccn(CC(=O)Nc2ccc(N)cc2Cl)c1=O. The number of nitrogens with zero attached hydrogens (tertiary/aromatic N) is 2. The number of halogens is 1. The number of hydrogen-bond acceptors (Lipinski definition) is 3. The summed E-state index contributed by atoms with van der Waals surface area (Å²) in [6.45, 7) is 2.56. The second-order valence-electron chi connectivity index (χ2n) is 4.69. The molecular weight excluding hydrogens is 292 g/mol. The summed E-state index contributed by atoms with van der Waals surface area (Å²) in [5, 5.41) is 3.02. The van der Waals surface area contributed by atoms with Gasteiger partial charge >= 0.3 is 5.69 Å². The summed E-state index contributed by atoms with van der Waals surface area (Å²) in [5.41, 5.74) is 6.38. The number of aryl methyl sites for hydroxylation is 1. The van der Waals surface area contributed by atoms with Crippen LogP contribution in [0.25, 0.3) is 0 Å². The zero-order valence-electron chi connectivity index (χ0n) is 11.7. The monoisotopic (exact) mass is 308 g/mol. The lowest BCUT2D eigenvalue weighted by Crippen LogP contribution is -2.29. The van der Waals surface area contributed by atoms with Gasteiger partial charge in [0.05, 0.1) is 10.7 Å². The topological polar surface area (TPSA) is 82.1 Å². The predicted octanol–water partition coefficient (Wildman–Crippen LogP) is 1.93. The van der Waals surface area contributed by atoms with Gasteiger partial charge in [-0.3, -0.25) is 13.9 Å². The summed E-state index contributed by atoms with van der Waals surface area (Å²) in [6.07, 6.45) is 4.13. The van der Waals surface area contributed by atoms with Crippen LogP contribution in [0.2, 0.25) is 5.02 Å². The Morgan fingerprint density at radius 2 is 2.05 bits per heavy atom. The molecule has 0 aliphatic rings. The van der Waals surface area contributed by atoms with Crippen LogP contribution in [-0.2, 0) is 17.9 Å². The zero-order chi connectivity index (χ0) is 15.4. The molecule has 0 saturated carbocycles. The molecule has 0 aliphatic carbocycles. The van der Waals surface area contributed by atoms with E-state index in [-0.39, 0.29) is 18.1 Å². The molecule has 1 amide bonds. The molecule has 6 nitrogen and oxygen atoms in total. The first-order valence-corrected chi connectivity index (χ1v) is 6.99. The van der Waals surface area contributed by atoms with Gasteiger partial charge in [0.15, 0.2) is 0 Å². The Bertz CT molecular complexity index is 705. The van der Waals surface area contributed by atoms with Crippen molar-refractivity contribution in [3.8, 4) is 0 Å². The molecule has 1 aromatic carbocycles. The summed E-state index contributed by atoms with van der Waals surface area (Å²) in [6, 6.07) is 4.83. The van der Waals surface area contributed by atoms with Gasteiger partial charge in [-0.15, -0.1) is 0 Å². The molecule has 7 heteroatoms. The summed E-state index contributed by atoms with van der Waals surface area (Å²) >= 11 is 5.99. The number of nitrogens with one attached hydrogen (secondary N) is 1. The van der Waals surface area contributed by atoms with Crippen LogP contribution in [-0.4, -0.2) is 15.0 Å². The second kappa shape index (κ2) is 6.49. The lowest BCUT2D eigenvalue weighted by molar-refractivity contribution is -0.116. The Morgan fingerprint density at radius 3 is 2.71 bits per heavy atom. The van der Waals surface area contributed by atoms with E-state index in [1.165, 1.54) is 4.57 Å².